The molecule has 0 radical (unpaired) electrons. The number of carbonyl (C=O) groups excluding carboxylic acids is 2. The molecule has 0 aromatic heterocycles. The number of hydrogen-bond acceptors (Lipinski definition) is 3. The number of carbonyl (C=O) groups is 2. The van der Waals surface area contributed by atoms with Crippen molar-refractivity contribution in [2.24, 2.45) is 11.8 Å². The zero-order valence-corrected chi connectivity index (χ0v) is 15.2. The molecule has 2 aliphatic rings. The first kappa shape index (κ1) is 17.9. The van der Waals surface area contributed by atoms with Gasteiger partial charge >= 0.3 is 0 Å². The summed E-state index contributed by atoms with van der Waals surface area (Å²) in [5, 5.41) is 2.94. The van der Waals surface area contributed by atoms with Crippen LogP contribution in [0.2, 0.25) is 0 Å². The molecule has 1 aliphatic heterocycles. The molecule has 2 amide bonds. The zero-order chi connectivity index (χ0) is 17.8. The van der Waals surface area contributed by atoms with Crippen LogP contribution in [0, 0.1) is 11.8 Å². The van der Waals surface area contributed by atoms with Crippen molar-refractivity contribution in [3.63, 3.8) is 0 Å². The first-order valence-electron chi connectivity index (χ1n) is 9.26. The number of likely N-dealkylation sites (tertiary alicyclic amines) is 1. The molecule has 2 fully saturated rings. The number of anilines is 1. The van der Waals surface area contributed by atoms with Gasteiger partial charge < -0.3 is 15.0 Å². The lowest BCUT2D eigenvalue weighted by molar-refractivity contribution is -0.127. The minimum atomic E-state index is -0.263. The van der Waals surface area contributed by atoms with E-state index in [1.165, 1.54) is 12.8 Å². The Labute approximate surface area is 149 Å². The largest absolute Gasteiger partial charge is 0.374 e. The smallest absolute Gasteiger partial charge is 0.229 e. The predicted molar refractivity (Wildman–Crippen MR) is 97.0 cm³/mol. The van der Waals surface area contributed by atoms with Crippen LogP contribution < -0.4 is 5.32 Å². The van der Waals surface area contributed by atoms with Gasteiger partial charge in [-0.2, -0.15) is 0 Å². The number of ether oxygens (including phenoxy) is 1. The van der Waals surface area contributed by atoms with Crippen LogP contribution in [0.15, 0.2) is 24.3 Å². The minimum absolute atomic E-state index is 0.0315. The van der Waals surface area contributed by atoms with E-state index in [1.807, 2.05) is 24.3 Å². The summed E-state index contributed by atoms with van der Waals surface area (Å²) in [7, 11) is 1.74. The Morgan fingerprint density at radius 1 is 1.36 bits per heavy atom. The Balaban J connectivity index is 1.52. The Hall–Kier alpha value is -1.88. The molecule has 1 heterocycles. The summed E-state index contributed by atoms with van der Waals surface area (Å²) in [6.07, 6.45) is 5.48. The molecule has 3 atom stereocenters. The van der Waals surface area contributed by atoms with Crippen molar-refractivity contribution < 1.29 is 14.3 Å². The lowest BCUT2D eigenvalue weighted by Gasteiger charge is -2.26. The van der Waals surface area contributed by atoms with Gasteiger partial charge in [0, 0.05) is 25.7 Å². The maximum Gasteiger partial charge on any atom is 0.229 e. The number of nitrogens with zero attached hydrogens (tertiary/aromatic N) is 1. The monoisotopic (exact) mass is 344 g/mol. The Kier molecular flexibility index (Phi) is 5.74. The lowest BCUT2D eigenvalue weighted by atomic mass is 9.89. The van der Waals surface area contributed by atoms with E-state index in [2.05, 4.69) is 12.2 Å². The summed E-state index contributed by atoms with van der Waals surface area (Å²) in [6.45, 7) is 3.36. The Morgan fingerprint density at radius 2 is 2.20 bits per heavy atom. The van der Waals surface area contributed by atoms with Gasteiger partial charge in [-0.1, -0.05) is 31.9 Å². The van der Waals surface area contributed by atoms with Crippen molar-refractivity contribution >= 4 is 17.5 Å². The Morgan fingerprint density at radius 3 is 2.92 bits per heavy atom. The highest BCUT2D eigenvalue weighted by Gasteiger charge is 2.32. The highest BCUT2D eigenvalue weighted by Crippen LogP contribution is 2.26. The molecule has 1 N–H and O–H groups in total. The summed E-state index contributed by atoms with van der Waals surface area (Å²) in [5.74, 6) is 0.429. The average Bonchev–Trinajstić information content (AvgIpc) is 2.93. The van der Waals surface area contributed by atoms with E-state index in [-0.39, 0.29) is 17.7 Å². The standard InChI is InChI=1S/C20H28N2O3/c1-14-5-3-8-18(9-14)25-13-15-6-4-7-17(10-15)21-20(24)16-11-19(23)22(2)12-16/h4,6-7,10,14,16,18H,3,5,8-9,11-13H2,1-2H3,(H,21,24)/t14-,16+,18+/m1/s1. The topological polar surface area (TPSA) is 58.6 Å². The number of rotatable bonds is 5. The van der Waals surface area contributed by atoms with Crippen molar-refractivity contribution in [1.82, 2.24) is 4.90 Å². The van der Waals surface area contributed by atoms with Crippen LogP contribution in [0.3, 0.4) is 0 Å². The van der Waals surface area contributed by atoms with Crippen LogP contribution in [-0.2, 0) is 20.9 Å². The van der Waals surface area contributed by atoms with Crippen molar-refractivity contribution in [2.45, 2.75) is 51.7 Å². The van der Waals surface area contributed by atoms with E-state index in [9.17, 15) is 9.59 Å². The average molecular weight is 344 g/mol. The molecule has 1 saturated carbocycles. The summed E-state index contributed by atoms with van der Waals surface area (Å²) in [6, 6.07) is 7.80. The summed E-state index contributed by atoms with van der Waals surface area (Å²) < 4.78 is 6.06. The van der Waals surface area contributed by atoms with E-state index in [0.717, 1.165) is 30.0 Å². The number of nitrogens with one attached hydrogen (secondary N) is 1. The molecule has 136 valence electrons. The van der Waals surface area contributed by atoms with E-state index in [0.29, 0.717) is 25.7 Å². The molecule has 1 aromatic rings. The maximum absolute atomic E-state index is 12.3. The van der Waals surface area contributed by atoms with Crippen LogP contribution in [-0.4, -0.2) is 36.4 Å². The lowest BCUT2D eigenvalue weighted by Crippen LogP contribution is -2.25. The van der Waals surface area contributed by atoms with Gasteiger partial charge in [0.15, 0.2) is 0 Å². The van der Waals surface area contributed by atoms with Gasteiger partial charge in [-0.25, -0.2) is 0 Å². The van der Waals surface area contributed by atoms with Gasteiger partial charge in [0.05, 0.1) is 18.6 Å². The molecule has 3 rings (SSSR count). The van der Waals surface area contributed by atoms with Gasteiger partial charge in [0.25, 0.3) is 0 Å². The molecule has 5 heteroatoms. The van der Waals surface area contributed by atoms with Crippen molar-refractivity contribution in [2.75, 3.05) is 18.9 Å². The maximum atomic E-state index is 12.3. The third-order valence-electron chi connectivity index (χ3n) is 5.28. The molecule has 25 heavy (non-hydrogen) atoms. The molecule has 0 unspecified atom stereocenters. The quantitative estimate of drug-likeness (QED) is 0.892. The first-order valence-corrected chi connectivity index (χ1v) is 9.26. The van der Waals surface area contributed by atoms with Crippen LogP contribution in [0.5, 0.6) is 0 Å². The fourth-order valence-corrected chi connectivity index (χ4v) is 3.77. The summed E-state index contributed by atoms with van der Waals surface area (Å²) in [5.41, 5.74) is 1.83. The highest BCUT2D eigenvalue weighted by atomic mass is 16.5. The second-order valence-electron chi connectivity index (χ2n) is 7.57. The molecule has 1 saturated heterocycles. The van der Waals surface area contributed by atoms with E-state index in [4.69, 9.17) is 4.74 Å². The minimum Gasteiger partial charge on any atom is -0.374 e. The van der Waals surface area contributed by atoms with Gasteiger partial charge in [-0.3, -0.25) is 9.59 Å². The molecule has 0 bridgehead atoms. The predicted octanol–water partition coefficient (Wildman–Crippen LogP) is 3.20. The fraction of sp³-hybridized carbons (Fsp3) is 0.600. The van der Waals surface area contributed by atoms with Crippen LogP contribution in [0.25, 0.3) is 0 Å². The van der Waals surface area contributed by atoms with Crippen LogP contribution in [0.1, 0.15) is 44.6 Å². The van der Waals surface area contributed by atoms with Gasteiger partial charge in [0.2, 0.25) is 11.8 Å². The van der Waals surface area contributed by atoms with E-state index in [1.54, 1.807) is 11.9 Å². The van der Waals surface area contributed by atoms with Crippen LogP contribution in [0.4, 0.5) is 5.69 Å². The van der Waals surface area contributed by atoms with Crippen molar-refractivity contribution in [1.29, 1.82) is 0 Å². The normalized spacial score (nSPS) is 26.7. The highest BCUT2D eigenvalue weighted by molar-refractivity contribution is 5.97. The second kappa shape index (κ2) is 8.00. The van der Waals surface area contributed by atoms with Gasteiger partial charge in [0.1, 0.15) is 0 Å². The first-order chi connectivity index (χ1) is 12.0. The molecule has 0 spiro atoms. The SMILES string of the molecule is C[C@@H]1CCC[C@H](OCc2cccc(NC(=O)[C@H]3CC(=O)N(C)C3)c2)C1. The molecule has 1 aromatic carbocycles. The number of benzene rings is 1. The Bertz CT molecular complexity index is 631. The summed E-state index contributed by atoms with van der Waals surface area (Å²) in [4.78, 5) is 25.5. The van der Waals surface area contributed by atoms with Gasteiger partial charge in [-0.05, 0) is 36.5 Å². The van der Waals surface area contributed by atoms with Crippen molar-refractivity contribution in [3.05, 3.63) is 29.8 Å². The third-order valence-corrected chi connectivity index (χ3v) is 5.28. The molecular weight excluding hydrogens is 316 g/mol. The molecule has 5 nitrogen and oxygen atoms in total. The molecule has 1 aliphatic carbocycles. The van der Waals surface area contributed by atoms with Crippen molar-refractivity contribution in [3.8, 4) is 0 Å². The number of hydrogen-bond donors (Lipinski definition) is 1. The number of amides is 2. The zero-order valence-electron chi connectivity index (χ0n) is 15.2. The second-order valence-corrected chi connectivity index (χ2v) is 7.57. The van der Waals surface area contributed by atoms with Crippen LogP contribution >= 0.6 is 0 Å². The fourth-order valence-electron chi connectivity index (χ4n) is 3.77. The van der Waals surface area contributed by atoms with E-state index >= 15 is 0 Å². The molecular formula is C20H28N2O3. The van der Waals surface area contributed by atoms with E-state index < -0.39 is 0 Å². The summed E-state index contributed by atoms with van der Waals surface area (Å²) >= 11 is 0. The van der Waals surface area contributed by atoms with Gasteiger partial charge in [-0.15, -0.1) is 0 Å². The third kappa shape index (κ3) is 4.82.